The summed E-state index contributed by atoms with van der Waals surface area (Å²) >= 11 is 5.89. The number of carbonyl (C=O) groups excluding carboxylic acids is 1. The van der Waals surface area contributed by atoms with Gasteiger partial charge in [-0.15, -0.1) is 0 Å². The number of primary sulfonamides is 1. The van der Waals surface area contributed by atoms with E-state index in [2.05, 4.69) is 5.32 Å². The first-order chi connectivity index (χ1) is 9.84. The number of halogens is 1. The normalized spacial score (nSPS) is 18.8. The monoisotopic (exact) mass is 328 g/mol. The molecule has 2 aliphatic rings. The fraction of sp³-hybridized carbons (Fsp3) is 0.500. The van der Waals surface area contributed by atoms with Gasteiger partial charge in [0.05, 0.1) is 4.90 Å². The van der Waals surface area contributed by atoms with Crippen molar-refractivity contribution in [1.82, 2.24) is 5.32 Å². The molecule has 7 heteroatoms. The Kier molecular flexibility index (Phi) is 3.71. The van der Waals surface area contributed by atoms with Crippen LogP contribution in [0.1, 0.15) is 36.0 Å². The van der Waals surface area contributed by atoms with Crippen molar-refractivity contribution in [3.8, 4) is 0 Å². The number of benzene rings is 1. The SMILES string of the molecule is NS(=O)(=O)c1cc(Cl)cc(C(=O)NC(C2CC2)C2CC2)c1. The van der Waals surface area contributed by atoms with Crippen molar-refractivity contribution in [2.45, 2.75) is 36.6 Å². The Bertz CT molecular complexity index is 669. The van der Waals surface area contributed by atoms with Gasteiger partial charge in [0.15, 0.2) is 0 Å². The average Bonchev–Trinajstić information content (AvgIpc) is 3.26. The molecule has 5 nitrogen and oxygen atoms in total. The predicted molar refractivity (Wildman–Crippen MR) is 79.5 cm³/mol. The molecule has 2 saturated carbocycles. The van der Waals surface area contributed by atoms with E-state index < -0.39 is 10.0 Å². The molecule has 2 fully saturated rings. The zero-order valence-corrected chi connectivity index (χ0v) is 13.0. The first-order valence-corrected chi connectivity index (χ1v) is 8.91. The highest BCUT2D eigenvalue weighted by Crippen LogP contribution is 2.44. The zero-order valence-electron chi connectivity index (χ0n) is 11.4. The van der Waals surface area contributed by atoms with Gasteiger partial charge in [0.1, 0.15) is 0 Å². The summed E-state index contributed by atoms with van der Waals surface area (Å²) in [5.74, 6) is 0.850. The number of amides is 1. The largest absolute Gasteiger partial charge is 0.349 e. The fourth-order valence-corrected chi connectivity index (χ4v) is 3.51. The maximum absolute atomic E-state index is 12.3. The molecule has 3 rings (SSSR count). The van der Waals surface area contributed by atoms with Gasteiger partial charge in [0, 0.05) is 16.6 Å². The lowest BCUT2D eigenvalue weighted by atomic mass is 10.1. The molecule has 114 valence electrons. The average molecular weight is 329 g/mol. The van der Waals surface area contributed by atoms with Crippen LogP contribution in [0.4, 0.5) is 0 Å². The van der Waals surface area contributed by atoms with Crippen LogP contribution in [0.2, 0.25) is 5.02 Å². The van der Waals surface area contributed by atoms with E-state index in [0.717, 1.165) is 25.7 Å². The molecule has 0 bridgehead atoms. The maximum atomic E-state index is 12.3. The van der Waals surface area contributed by atoms with Gasteiger partial charge in [-0.2, -0.15) is 0 Å². The third-order valence-corrected chi connectivity index (χ3v) is 5.13. The van der Waals surface area contributed by atoms with Crippen LogP contribution in [0.25, 0.3) is 0 Å². The molecule has 0 atom stereocenters. The molecule has 0 unspecified atom stereocenters. The highest BCUT2D eigenvalue weighted by atomic mass is 35.5. The lowest BCUT2D eigenvalue weighted by molar-refractivity contribution is 0.0926. The van der Waals surface area contributed by atoms with E-state index in [1.807, 2.05) is 0 Å². The summed E-state index contributed by atoms with van der Waals surface area (Å²) in [6.45, 7) is 0. The summed E-state index contributed by atoms with van der Waals surface area (Å²) in [4.78, 5) is 12.2. The third kappa shape index (κ3) is 3.56. The minimum atomic E-state index is -3.88. The van der Waals surface area contributed by atoms with Crippen molar-refractivity contribution in [3.05, 3.63) is 28.8 Å². The molecule has 0 aliphatic heterocycles. The molecule has 0 aromatic heterocycles. The molecular weight excluding hydrogens is 312 g/mol. The molecule has 3 N–H and O–H groups in total. The van der Waals surface area contributed by atoms with E-state index in [-0.39, 0.29) is 27.4 Å². The molecule has 1 aromatic rings. The van der Waals surface area contributed by atoms with Crippen LogP contribution in [0, 0.1) is 11.8 Å². The van der Waals surface area contributed by atoms with Crippen molar-refractivity contribution in [3.63, 3.8) is 0 Å². The van der Waals surface area contributed by atoms with Crippen molar-refractivity contribution in [2.75, 3.05) is 0 Å². The second-order valence-electron chi connectivity index (χ2n) is 5.89. The number of hydrogen-bond acceptors (Lipinski definition) is 3. The summed E-state index contributed by atoms with van der Waals surface area (Å²) in [7, 11) is -3.88. The first kappa shape index (κ1) is 14.8. The van der Waals surface area contributed by atoms with Gasteiger partial charge in [-0.05, 0) is 55.7 Å². The topological polar surface area (TPSA) is 89.3 Å². The van der Waals surface area contributed by atoms with E-state index in [0.29, 0.717) is 11.8 Å². The third-order valence-electron chi connectivity index (χ3n) is 4.02. The smallest absolute Gasteiger partial charge is 0.251 e. The highest BCUT2D eigenvalue weighted by Gasteiger charge is 2.42. The highest BCUT2D eigenvalue weighted by molar-refractivity contribution is 7.89. The summed E-state index contributed by atoms with van der Waals surface area (Å²) in [5.41, 5.74) is 0.234. The van der Waals surface area contributed by atoms with E-state index >= 15 is 0 Å². The number of nitrogens with two attached hydrogens (primary N) is 1. The Hall–Kier alpha value is -1.11. The second-order valence-corrected chi connectivity index (χ2v) is 7.89. The van der Waals surface area contributed by atoms with Crippen LogP contribution in [-0.2, 0) is 10.0 Å². The molecule has 1 aromatic carbocycles. The van der Waals surface area contributed by atoms with Crippen LogP contribution in [-0.4, -0.2) is 20.4 Å². The quantitative estimate of drug-likeness (QED) is 0.865. The lowest BCUT2D eigenvalue weighted by Crippen LogP contribution is -2.38. The van der Waals surface area contributed by atoms with Crippen LogP contribution in [0.3, 0.4) is 0 Å². The van der Waals surface area contributed by atoms with E-state index in [9.17, 15) is 13.2 Å². The van der Waals surface area contributed by atoms with E-state index in [1.54, 1.807) is 0 Å². The van der Waals surface area contributed by atoms with Crippen LogP contribution in [0.15, 0.2) is 23.1 Å². The Labute approximate surface area is 128 Å². The lowest BCUT2D eigenvalue weighted by Gasteiger charge is -2.18. The van der Waals surface area contributed by atoms with Crippen molar-refractivity contribution < 1.29 is 13.2 Å². The Morgan fingerprint density at radius 3 is 2.24 bits per heavy atom. The standard InChI is InChI=1S/C14H17ClN2O3S/c15-11-5-10(6-12(7-11)21(16,19)20)14(18)17-13(8-1-2-8)9-3-4-9/h5-9,13H,1-4H2,(H,17,18)(H2,16,19,20). The van der Waals surface area contributed by atoms with Crippen LogP contribution < -0.4 is 10.5 Å². The Morgan fingerprint density at radius 1 is 1.19 bits per heavy atom. The fourth-order valence-electron chi connectivity index (χ4n) is 2.62. The number of nitrogens with one attached hydrogen (secondary N) is 1. The number of carbonyl (C=O) groups is 1. The minimum Gasteiger partial charge on any atom is -0.349 e. The molecular formula is C14H17ClN2O3S. The molecule has 0 saturated heterocycles. The number of sulfonamides is 1. The summed E-state index contributed by atoms with van der Waals surface area (Å²) in [6.07, 6.45) is 4.61. The van der Waals surface area contributed by atoms with Gasteiger partial charge < -0.3 is 5.32 Å². The van der Waals surface area contributed by atoms with Gasteiger partial charge in [0.25, 0.3) is 5.91 Å². The first-order valence-electron chi connectivity index (χ1n) is 6.99. The molecule has 1 amide bonds. The van der Waals surface area contributed by atoms with Crippen molar-refractivity contribution in [2.24, 2.45) is 17.0 Å². The summed E-state index contributed by atoms with van der Waals surface area (Å²) in [5, 5.41) is 8.31. The molecule has 2 aliphatic carbocycles. The van der Waals surface area contributed by atoms with Gasteiger partial charge in [0.2, 0.25) is 10.0 Å². The molecule has 0 radical (unpaired) electrons. The van der Waals surface area contributed by atoms with E-state index in [1.165, 1.54) is 18.2 Å². The zero-order chi connectivity index (χ0) is 15.2. The van der Waals surface area contributed by atoms with Crippen molar-refractivity contribution in [1.29, 1.82) is 0 Å². The van der Waals surface area contributed by atoms with E-state index in [4.69, 9.17) is 16.7 Å². The van der Waals surface area contributed by atoms with Crippen molar-refractivity contribution >= 4 is 27.5 Å². The van der Waals surface area contributed by atoms with Gasteiger partial charge in [-0.3, -0.25) is 4.79 Å². The van der Waals surface area contributed by atoms with Crippen LogP contribution in [0.5, 0.6) is 0 Å². The Morgan fingerprint density at radius 2 is 1.76 bits per heavy atom. The van der Waals surface area contributed by atoms with Gasteiger partial charge in [-0.1, -0.05) is 11.6 Å². The van der Waals surface area contributed by atoms with Gasteiger partial charge in [-0.25, -0.2) is 13.6 Å². The molecule has 0 heterocycles. The second kappa shape index (κ2) is 5.26. The maximum Gasteiger partial charge on any atom is 0.251 e. The summed E-state index contributed by atoms with van der Waals surface area (Å²) in [6, 6.07) is 4.18. The molecule has 21 heavy (non-hydrogen) atoms. The molecule has 0 spiro atoms. The summed E-state index contributed by atoms with van der Waals surface area (Å²) < 4.78 is 22.8. The number of hydrogen-bond donors (Lipinski definition) is 2. The minimum absolute atomic E-state index is 0.144. The van der Waals surface area contributed by atoms with Crippen LogP contribution >= 0.6 is 11.6 Å². The van der Waals surface area contributed by atoms with Gasteiger partial charge >= 0.3 is 0 Å². The Balaban J connectivity index is 1.82. The number of rotatable bonds is 5. The predicted octanol–water partition coefficient (Wildman–Crippen LogP) is 1.91.